The first-order valence-electron chi connectivity index (χ1n) is 8.27. The Kier molecular flexibility index (Phi) is 4.99. The van der Waals surface area contributed by atoms with Gasteiger partial charge in [0.05, 0.1) is 12.7 Å². The van der Waals surface area contributed by atoms with Crippen molar-refractivity contribution in [2.75, 3.05) is 32.1 Å². The molecule has 0 aliphatic carbocycles. The number of carbonyl (C=O) groups excluding carboxylic acids is 1. The normalized spacial score (nSPS) is 17.4. The summed E-state index contributed by atoms with van der Waals surface area (Å²) < 4.78 is 5.33. The molecule has 2 heterocycles. The summed E-state index contributed by atoms with van der Waals surface area (Å²) in [5.74, 6) is 1.59. The molecule has 1 amide bonds. The lowest BCUT2D eigenvalue weighted by molar-refractivity contribution is 0.0714. The van der Waals surface area contributed by atoms with Crippen LogP contribution in [-0.2, 0) is 0 Å². The maximum Gasteiger partial charge on any atom is 0.257 e. The second-order valence-electron chi connectivity index (χ2n) is 6.05. The highest BCUT2D eigenvalue weighted by Gasteiger charge is 2.28. The number of likely N-dealkylation sites (N-methyl/N-ethyl adjacent to an activating group) is 1. The molecule has 1 fully saturated rings. The van der Waals surface area contributed by atoms with E-state index >= 15 is 0 Å². The summed E-state index contributed by atoms with van der Waals surface area (Å²) in [7, 11) is 3.47. The van der Waals surface area contributed by atoms with E-state index in [-0.39, 0.29) is 11.9 Å². The van der Waals surface area contributed by atoms with Gasteiger partial charge in [0.2, 0.25) is 0 Å². The number of para-hydroxylation sites is 1. The second-order valence-corrected chi connectivity index (χ2v) is 6.05. The maximum absolute atomic E-state index is 12.9. The van der Waals surface area contributed by atoms with Crippen molar-refractivity contribution in [2.24, 2.45) is 0 Å². The van der Waals surface area contributed by atoms with Crippen LogP contribution in [0.1, 0.15) is 23.2 Å². The number of methoxy groups -OCH3 is 1. The fourth-order valence-corrected chi connectivity index (χ4v) is 3.20. The zero-order chi connectivity index (χ0) is 16.9. The van der Waals surface area contributed by atoms with Crippen LogP contribution in [0.3, 0.4) is 0 Å². The van der Waals surface area contributed by atoms with Gasteiger partial charge in [-0.2, -0.15) is 0 Å². The number of carbonyl (C=O) groups is 1. The van der Waals surface area contributed by atoms with Crippen LogP contribution < -0.4 is 9.64 Å². The van der Waals surface area contributed by atoms with Crippen LogP contribution in [0.15, 0.2) is 48.7 Å². The van der Waals surface area contributed by atoms with Crippen molar-refractivity contribution in [2.45, 2.75) is 18.9 Å². The average Bonchev–Trinajstić information content (AvgIpc) is 2.67. The van der Waals surface area contributed by atoms with E-state index in [0.717, 1.165) is 31.7 Å². The predicted molar refractivity (Wildman–Crippen MR) is 94.6 cm³/mol. The highest BCUT2D eigenvalue weighted by atomic mass is 16.5. The largest absolute Gasteiger partial charge is 0.496 e. The summed E-state index contributed by atoms with van der Waals surface area (Å²) in [6, 6.07) is 13.5. The minimum Gasteiger partial charge on any atom is -0.496 e. The van der Waals surface area contributed by atoms with Crippen LogP contribution in [0, 0.1) is 0 Å². The van der Waals surface area contributed by atoms with Gasteiger partial charge in [-0.15, -0.1) is 0 Å². The Bertz CT molecular complexity index is 690. The first kappa shape index (κ1) is 16.3. The molecule has 1 aromatic carbocycles. The Hall–Kier alpha value is -2.56. The van der Waals surface area contributed by atoms with E-state index in [1.165, 1.54) is 0 Å². The molecule has 0 N–H and O–H groups in total. The topological polar surface area (TPSA) is 45.7 Å². The minimum absolute atomic E-state index is 0.000297. The van der Waals surface area contributed by atoms with Crippen LogP contribution in [0.4, 0.5) is 5.82 Å². The minimum atomic E-state index is 0.000297. The van der Waals surface area contributed by atoms with E-state index in [9.17, 15) is 4.79 Å². The number of rotatable bonds is 4. The zero-order valence-corrected chi connectivity index (χ0v) is 14.2. The fraction of sp³-hybridized carbons (Fsp3) is 0.368. The summed E-state index contributed by atoms with van der Waals surface area (Å²) in [5, 5.41) is 0. The Balaban J connectivity index is 1.74. The van der Waals surface area contributed by atoms with Crippen molar-refractivity contribution in [3.05, 3.63) is 54.2 Å². The molecule has 5 nitrogen and oxygen atoms in total. The number of benzene rings is 1. The highest BCUT2D eigenvalue weighted by molar-refractivity contribution is 5.97. The lowest BCUT2D eigenvalue weighted by Crippen LogP contribution is -2.48. The van der Waals surface area contributed by atoms with Gasteiger partial charge in [-0.25, -0.2) is 4.98 Å². The third-order valence-electron chi connectivity index (χ3n) is 4.58. The summed E-state index contributed by atoms with van der Waals surface area (Å²) in [6.07, 6.45) is 3.86. The predicted octanol–water partition coefficient (Wildman–Crippen LogP) is 2.83. The fourth-order valence-electron chi connectivity index (χ4n) is 3.20. The van der Waals surface area contributed by atoms with Crippen molar-refractivity contribution in [3.8, 4) is 5.75 Å². The highest BCUT2D eigenvalue weighted by Crippen LogP contribution is 2.24. The third-order valence-corrected chi connectivity index (χ3v) is 4.58. The first-order chi connectivity index (χ1) is 11.7. The lowest BCUT2D eigenvalue weighted by atomic mass is 10.0. The van der Waals surface area contributed by atoms with Gasteiger partial charge in [0.1, 0.15) is 11.6 Å². The molecule has 0 unspecified atom stereocenters. The van der Waals surface area contributed by atoms with E-state index in [2.05, 4.69) is 9.88 Å². The molecule has 1 aliphatic heterocycles. The number of aromatic nitrogens is 1. The molecule has 3 rings (SSSR count). The molecule has 1 aromatic heterocycles. The van der Waals surface area contributed by atoms with Crippen LogP contribution in [0.2, 0.25) is 0 Å². The van der Waals surface area contributed by atoms with Crippen molar-refractivity contribution in [1.82, 2.24) is 9.88 Å². The Morgan fingerprint density at radius 3 is 2.79 bits per heavy atom. The standard InChI is InChI=1S/C19H23N3O2/c1-21(19(23)16-9-3-4-10-17(16)24-2)15-8-7-13-22(14-15)18-11-5-6-12-20-18/h3-6,9-12,15H,7-8,13-14H2,1-2H3/t15-/m0/s1. The van der Waals surface area contributed by atoms with Gasteiger partial charge in [0, 0.05) is 32.4 Å². The van der Waals surface area contributed by atoms with Gasteiger partial charge in [0.15, 0.2) is 0 Å². The molecule has 24 heavy (non-hydrogen) atoms. The Morgan fingerprint density at radius 1 is 1.25 bits per heavy atom. The molecule has 0 radical (unpaired) electrons. The van der Waals surface area contributed by atoms with E-state index in [4.69, 9.17) is 4.74 Å². The molecule has 5 heteroatoms. The lowest BCUT2D eigenvalue weighted by Gasteiger charge is -2.38. The van der Waals surface area contributed by atoms with Gasteiger partial charge in [0.25, 0.3) is 5.91 Å². The van der Waals surface area contributed by atoms with Gasteiger partial charge in [-0.3, -0.25) is 4.79 Å². The maximum atomic E-state index is 12.9. The first-order valence-corrected chi connectivity index (χ1v) is 8.27. The molecule has 0 bridgehead atoms. The summed E-state index contributed by atoms with van der Waals surface area (Å²) in [5.41, 5.74) is 0.609. The number of hydrogen-bond acceptors (Lipinski definition) is 4. The number of piperidine rings is 1. The molecule has 0 spiro atoms. The summed E-state index contributed by atoms with van der Waals surface area (Å²) >= 11 is 0. The van der Waals surface area contributed by atoms with Crippen LogP contribution in [0.25, 0.3) is 0 Å². The summed E-state index contributed by atoms with van der Waals surface area (Å²) in [6.45, 7) is 1.78. The van der Waals surface area contributed by atoms with Crippen LogP contribution in [-0.4, -0.2) is 49.1 Å². The smallest absolute Gasteiger partial charge is 0.257 e. The molecular weight excluding hydrogens is 302 g/mol. The van der Waals surface area contributed by atoms with E-state index < -0.39 is 0 Å². The van der Waals surface area contributed by atoms with Crippen molar-refractivity contribution < 1.29 is 9.53 Å². The number of nitrogens with zero attached hydrogens (tertiary/aromatic N) is 3. The summed E-state index contributed by atoms with van der Waals surface area (Å²) in [4.78, 5) is 21.4. The monoisotopic (exact) mass is 325 g/mol. The SMILES string of the molecule is COc1ccccc1C(=O)N(C)[C@H]1CCCN(c2ccccn2)C1. The van der Waals surface area contributed by atoms with Gasteiger partial charge >= 0.3 is 0 Å². The Morgan fingerprint density at radius 2 is 2.04 bits per heavy atom. The number of anilines is 1. The van der Waals surface area contributed by atoms with Crippen molar-refractivity contribution in [1.29, 1.82) is 0 Å². The van der Waals surface area contributed by atoms with Crippen molar-refractivity contribution in [3.63, 3.8) is 0 Å². The number of pyridine rings is 1. The Labute approximate surface area is 142 Å². The van der Waals surface area contributed by atoms with E-state index in [1.54, 1.807) is 7.11 Å². The van der Waals surface area contributed by atoms with E-state index in [1.807, 2.05) is 60.6 Å². The van der Waals surface area contributed by atoms with Crippen LogP contribution in [0.5, 0.6) is 5.75 Å². The van der Waals surface area contributed by atoms with Crippen LogP contribution >= 0.6 is 0 Å². The van der Waals surface area contributed by atoms with Gasteiger partial charge < -0.3 is 14.5 Å². The van der Waals surface area contributed by atoms with Gasteiger partial charge in [-0.05, 0) is 37.1 Å². The molecule has 1 saturated heterocycles. The quantitative estimate of drug-likeness (QED) is 0.867. The molecule has 2 aromatic rings. The average molecular weight is 325 g/mol. The third kappa shape index (κ3) is 3.35. The zero-order valence-electron chi connectivity index (χ0n) is 14.2. The number of hydrogen-bond donors (Lipinski definition) is 0. The van der Waals surface area contributed by atoms with Crippen molar-refractivity contribution >= 4 is 11.7 Å². The second kappa shape index (κ2) is 7.34. The van der Waals surface area contributed by atoms with Gasteiger partial charge in [-0.1, -0.05) is 18.2 Å². The molecule has 0 saturated carbocycles. The molecule has 126 valence electrons. The molecule has 1 atom stereocenters. The molecule has 1 aliphatic rings. The van der Waals surface area contributed by atoms with E-state index in [0.29, 0.717) is 11.3 Å². The number of amides is 1. The molecular formula is C19H23N3O2. The number of ether oxygens (including phenoxy) is 1.